The Hall–Kier alpha value is -0.870. The van der Waals surface area contributed by atoms with Crippen LogP contribution in [0.3, 0.4) is 0 Å². The Bertz CT molecular complexity index is 335. The maximum absolute atomic E-state index is 9.97. The highest BCUT2D eigenvalue weighted by Gasteiger charge is 2.41. The zero-order valence-electron chi connectivity index (χ0n) is 8.65. The van der Waals surface area contributed by atoms with Crippen molar-refractivity contribution in [1.82, 2.24) is 9.97 Å². The van der Waals surface area contributed by atoms with E-state index in [4.69, 9.17) is 11.6 Å². The van der Waals surface area contributed by atoms with Crippen molar-refractivity contribution in [3.05, 3.63) is 17.4 Å². The highest BCUT2D eigenvalue weighted by atomic mass is 35.5. The zero-order valence-corrected chi connectivity index (χ0v) is 9.41. The fourth-order valence-electron chi connectivity index (χ4n) is 1.90. The van der Waals surface area contributed by atoms with Crippen molar-refractivity contribution in [3.63, 3.8) is 0 Å². The van der Waals surface area contributed by atoms with Gasteiger partial charge in [0.25, 0.3) is 0 Å². The highest BCUT2D eigenvalue weighted by molar-refractivity contribution is 6.30. The first-order chi connectivity index (χ1) is 7.13. The van der Waals surface area contributed by atoms with E-state index >= 15 is 0 Å². The third-order valence-electron chi connectivity index (χ3n) is 2.58. The summed E-state index contributed by atoms with van der Waals surface area (Å²) in [5, 5.41) is 10.5. The van der Waals surface area contributed by atoms with Crippen LogP contribution in [0.15, 0.2) is 12.4 Å². The number of rotatable bonds is 3. The summed E-state index contributed by atoms with van der Waals surface area (Å²) in [6, 6.07) is 0. The van der Waals surface area contributed by atoms with Crippen molar-refractivity contribution in [2.45, 2.75) is 25.4 Å². The van der Waals surface area contributed by atoms with Crippen LogP contribution in [-0.2, 0) is 0 Å². The normalized spacial score (nSPS) is 18.7. The summed E-state index contributed by atoms with van der Waals surface area (Å²) in [4.78, 5) is 10.1. The van der Waals surface area contributed by atoms with Crippen molar-refractivity contribution in [1.29, 1.82) is 0 Å². The maximum Gasteiger partial charge on any atom is 0.225 e. The molecule has 1 aliphatic rings. The van der Waals surface area contributed by atoms with Gasteiger partial charge in [-0.3, -0.25) is 0 Å². The Kier molecular flexibility index (Phi) is 2.80. The molecule has 0 atom stereocenters. The van der Waals surface area contributed by atoms with E-state index in [0.29, 0.717) is 24.1 Å². The van der Waals surface area contributed by atoms with Crippen molar-refractivity contribution in [3.8, 4) is 0 Å². The van der Waals surface area contributed by atoms with Crippen molar-refractivity contribution < 1.29 is 5.11 Å². The Morgan fingerprint density at radius 2 is 2.07 bits per heavy atom. The van der Waals surface area contributed by atoms with Gasteiger partial charge >= 0.3 is 0 Å². The van der Waals surface area contributed by atoms with Gasteiger partial charge in [-0.1, -0.05) is 24.9 Å². The van der Waals surface area contributed by atoms with Gasteiger partial charge in [0.2, 0.25) is 5.95 Å². The minimum Gasteiger partial charge on any atom is -0.386 e. The lowest BCUT2D eigenvalue weighted by Crippen LogP contribution is -2.62. The molecule has 1 N–H and O–H groups in total. The Balaban J connectivity index is 1.97. The second-order valence-corrected chi connectivity index (χ2v) is 4.47. The summed E-state index contributed by atoms with van der Waals surface area (Å²) in [7, 11) is 0. The first-order valence-electron chi connectivity index (χ1n) is 5.08. The van der Waals surface area contributed by atoms with Crippen LogP contribution in [-0.4, -0.2) is 33.8 Å². The molecule has 2 heterocycles. The van der Waals surface area contributed by atoms with Crippen LogP contribution in [0.4, 0.5) is 5.95 Å². The van der Waals surface area contributed by atoms with E-state index in [2.05, 4.69) is 16.9 Å². The molecular weight excluding hydrogens is 214 g/mol. The predicted molar refractivity (Wildman–Crippen MR) is 59.1 cm³/mol. The molecule has 0 saturated carbocycles. The highest BCUT2D eigenvalue weighted by Crippen LogP contribution is 2.28. The van der Waals surface area contributed by atoms with E-state index in [1.807, 2.05) is 4.90 Å². The van der Waals surface area contributed by atoms with Gasteiger partial charge in [-0.15, -0.1) is 0 Å². The zero-order chi connectivity index (χ0) is 10.9. The molecular formula is C10H14ClN3O. The van der Waals surface area contributed by atoms with Crippen molar-refractivity contribution >= 4 is 17.5 Å². The number of aliphatic hydroxyl groups is 1. The SMILES string of the molecule is CCCC1(O)CN(c2ncc(Cl)cn2)C1. The van der Waals surface area contributed by atoms with Gasteiger partial charge in [0.15, 0.2) is 0 Å². The first-order valence-corrected chi connectivity index (χ1v) is 5.46. The standard InChI is InChI=1S/C10H14ClN3O/c1-2-3-10(15)6-14(7-10)9-12-4-8(11)5-13-9/h4-5,15H,2-3,6-7H2,1H3. The average Bonchev–Trinajstić information content (AvgIpc) is 2.16. The summed E-state index contributed by atoms with van der Waals surface area (Å²) in [5.74, 6) is 0.639. The van der Waals surface area contributed by atoms with Gasteiger partial charge in [-0.05, 0) is 6.42 Å². The minimum absolute atomic E-state index is 0.531. The second-order valence-electron chi connectivity index (χ2n) is 4.03. The molecule has 0 aliphatic carbocycles. The van der Waals surface area contributed by atoms with Crippen LogP contribution >= 0.6 is 11.6 Å². The van der Waals surface area contributed by atoms with Crippen LogP contribution in [0.2, 0.25) is 5.02 Å². The second kappa shape index (κ2) is 3.94. The number of β-amino-alcohol motifs (C(OH)–C–C–N with tert-alkyl or cyclic N) is 1. The van der Waals surface area contributed by atoms with E-state index in [0.717, 1.165) is 12.8 Å². The van der Waals surface area contributed by atoms with E-state index in [1.54, 1.807) is 12.4 Å². The molecule has 0 unspecified atom stereocenters. The fourth-order valence-corrected chi connectivity index (χ4v) is 2.00. The van der Waals surface area contributed by atoms with Crippen LogP contribution in [0.25, 0.3) is 0 Å². The summed E-state index contributed by atoms with van der Waals surface area (Å²) in [5.41, 5.74) is -0.544. The predicted octanol–water partition coefficient (Wildman–Crippen LogP) is 1.48. The van der Waals surface area contributed by atoms with Crippen molar-refractivity contribution in [2.24, 2.45) is 0 Å². The molecule has 1 aromatic heterocycles. The molecule has 1 aromatic rings. The lowest BCUT2D eigenvalue weighted by Gasteiger charge is -2.46. The van der Waals surface area contributed by atoms with Crippen LogP contribution in [0.1, 0.15) is 19.8 Å². The number of anilines is 1. The molecule has 15 heavy (non-hydrogen) atoms. The quantitative estimate of drug-likeness (QED) is 0.850. The molecule has 5 heteroatoms. The average molecular weight is 228 g/mol. The Labute approximate surface area is 93.9 Å². The molecule has 82 valence electrons. The molecule has 0 radical (unpaired) electrons. The molecule has 0 bridgehead atoms. The molecule has 4 nitrogen and oxygen atoms in total. The molecule has 0 spiro atoms. The van der Waals surface area contributed by atoms with E-state index in [1.165, 1.54) is 0 Å². The van der Waals surface area contributed by atoms with E-state index < -0.39 is 5.60 Å². The first kappa shape index (κ1) is 10.6. The lowest BCUT2D eigenvalue weighted by atomic mass is 9.90. The number of aromatic nitrogens is 2. The number of hydrogen-bond acceptors (Lipinski definition) is 4. The third-order valence-corrected chi connectivity index (χ3v) is 2.77. The van der Waals surface area contributed by atoms with Gasteiger partial charge in [-0.2, -0.15) is 0 Å². The van der Waals surface area contributed by atoms with Gasteiger partial charge in [0.1, 0.15) is 0 Å². The summed E-state index contributed by atoms with van der Waals surface area (Å²) >= 11 is 5.69. The van der Waals surface area contributed by atoms with Crippen LogP contribution in [0.5, 0.6) is 0 Å². The fraction of sp³-hybridized carbons (Fsp3) is 0.600. The molecule has 1 aliphatic heterocycles. The lowest BCUT2D eigenvalue weighted by molar-refractivity contribution is 0.00245. The van der Waals surface area contributed by atoms with Crippen LogP contribution in [0, 0.1) is 0 Å². The number of hydrogen-bond donors (Lipinski definition) is 1. The summed E-state index contributed by atoms with van der Waals surface area (Å²) < 4.78 is 0. The molecule has 1 saturated heterocycles. The van der Waals surface area contributed by atoms with Gasteiger partial charge in [0, 0.05) is 0 Å². The van der Waals surface area contributed by atoms with Gasteiger partial charge in [-0.25, -0.2) is 9.97 Å². The largest absolute Gasteiger partial charge is 0.386 e. The number of halogens is 1. The maximum atomic E-state index is 9.97. The Morgan fingerprint density at radius 3 is 2.60 bits per heavy atom. The third kappa shape index (κ3) is 2.21. The van der Waals surface area contributed by atoms with Gasteiger partial charge in [0.05, 0.1) is 36.1 Å². The van der Waals surface area contributed by atoms with Gasteiger partial charge < -0.3 is 10.0 Å². The van der Waals surface area contributed by atoms with Crippen LogP contribution < -0.4 is 4.90 Å². The molecule has 0 amide bonds. The smallest absolute Gasteiger partial charge is 0.225 e. The summed E-state index contributed by atoms with van der Waals surface area (Å²) in [6.45, 7) is 3.30. The number of nitrogens with zero attached hydrogens (tertiary/aromatic N) is 3. The van der Waals surface area contributed by atoms with Crippen molar-refractivity contribution in [2.75, 3.05) is 18.0 Å². The Morgan fingerprint density at radius 1 is 1.47 bits per heavy atom. The van der Waals surface area contributed by atoms with E-state index in [-0.39, 0.29) is 0 Å². The molecule has 1 fully saturated rings. The van der Waals surface area contributed by atoms with E-state index in [9.17, 15) is 5.11 Å². The molecule has 2 rings (SSSR count). The minimum atomic E-state index is -0.544. The molecule has 0 aromatic carbocycles. The monoisotopic (exact) mass is 227 g/mol. The topological polar surface area (TPSA) is 49.2 Å². The summed E-state index contributed by atoms with van der Waals surface area (Å²) in [6.07, 6.45) is 4.96.